The van der Waals surface area contributed by atoms with Gasteiger partial charge in [0, 0.05) is 16.7 Å². The first-order valence-corrected chi connectivity index (χ1v) is 4.75. The topological polar surface area (TPSA) is 21.5 Å². The van der Waals surface area contributed by atoms with E-state index >= 15 is 0 Å². The fraction of sp³-hybridized carbons (Fsp3) is 0.100. The summed E-state index contributed by atoms with van der Waals surface area (Å²) in [7, 11) is 0. The second kappa shape index (κ2) is 3.00. The van der Waals surface area contributed by atoms with Crippen molar-refractivity contribution in [1.82, 2.24) is 4.40 Å². The van der Waals surface area contributed by atoms with E-state index in [4.69, 9.17) is 0 Å². The average molecular weight is 238 g/mol. The van der Waals surface area contributed by atoms with Gasteiger partial charge in [-0.1, -0.05) is 6.07 Å². The largest absolute Gasteiger partial charge is 0.283 e. The summed E-state index contributed by atoms with van der Waals surface area (Å²) in [4.78, 5) is 11.4. The predicted octanol–water partition coefficient (Wildman–Crippen LogP) is 2.37. The van der Waals surface area contributed by atoms with Crippen molar-refractivity contribution in [3.05, 3.63) is 50.9 Å². The molecule has 13 heavy (non-hydrogen) atoms. The van der Waals surface area contributed by atoms with Crippen LogP contribution in [0.2, 0.25) is 0 Å². The zero-order valence-corrected chi connectivity index (χ0v) is 8.71. The lowest BCUT2D eigenvalue weighted by Gasteiger charge is -2.02. The minimum atomic E-state index is 0.00176. The molecule has 0 aliphatic carbocycles. The third-order valence-corrected chi connectivity index (χ3v) is 2.62. The van der Waals surface area contributed by atoms with E-state index in [9.17, 15) is 4.79 Å². The molecule has 3 heteroatoms. The number of aromatic nitrogens is 1. The number of hydrogen-bond donors (Lipinski definition) is 0. The molecule has 0 saturated carbocycles. The summed E-state index contributed by atoms with van der Waals surface area (Å²) in [6, 6.07) is 7.24. The molecule has 66 valence electrons. The zero-order valence-electron chi connectivity index (χ0n) is 7.12. The van der Waals surface area contributed by atoms with Crippen LogP contribution in [-0.4, -0.2) is 4.40 Å². The Balaban J connectivity index is 3.01. The van der Waals surface area contributed by atoms with Crippen LogP contribution >= 0.6 is 15.9 Å². The van der Waals surface area contributed by atoms with Gasteiger partial charge in [0.15, 0.2) is 0 Å². The molecule has 0 N–H and O–H groups in total. The van der Waals surface area contributed by atoms with Crippen molar-refractivity contribution in [2.45, 2.75) is 6.92 Å². The summed E-state index contributed by atoms with van der Waals surface area (Å²) in [5.41, 5.74) is 1.98. The van der Waals surface area contributed by atoms with Crippen molar-refractivity contribution in [3.63, 3.8) is 0 Å². The van der Waals surface area contributed by atoms with E-state index in [1.54, 1.807) is 16.5 Å². The molecule has 2 heterocycles. The van der Waals surface area contributed by atoms with Crippen LogP contribution in [0.25, 0.3) is 5.52 Å². The van der Waals surface area contributed by atoms with Crippen LogP contribution in [0.4, 0.5) is 0 Å². The second-order valence-corrected chi connectivity index (χ2v) is 3.84. The first kappa shape index (κ1) is 8.51. The Labute approximate surface area is 84.0 Å². The molecule has 0 aliphatic heterocycles. The van der Waals surface area contributed by atoms with Gasteiger partial charge in [0.25, 0.3) is 5.56 Å². The van der Waals surface area contributed by atoms with Crippen LogP contribution in [0.5, 0.6) is 0 Å². The Bertz CT molecular complexity index is 516. The maximum atomic E-state index is 11.4. The normalized spacial score (nSPS) is 10.6. The predicted molar refractivity (Wildman–Crippen MR) is 56.1 cm³/mol. The highest BCUT2D eigenvalue weighted by atomic mass is 79.9. The van der Waals surface area contributed by atoms with Crippen molar-refractivity contribution in [3.8, 4) is 0 Å². The van der Waals surface area contributed by atoms with Gasteiger partial charge in [0.05, 0.1) is 5.52 Å². The molecule has 0 aliphatic rings. The van der Waals surface area contributed by atoms with Crippen molar-refractivity contribution in [2.75, 3.05) is 0 Å². The molecule has 2 aromatic rings. The first-order chi connectivity index (χ1) is 6.18. The van der Waals surface area contributed by atoms with Gasteiger partial charge in [-0.3, -0.25) is 9.20 Å². The fourth-order valence-electron chi connectivity index (χ4n) is 1.29. The molecule has 0 bridgehead atoms. The van der Waals surface area contributed by atoms with Crippen LogP contribution in [0, 0.1) is 6.92 Å². The highest BCUT2D eigenvalue weighted by molar-refractivity contribution is 9.10. The van der Waals surface area contributed by atoms with Gasteiger partial charge >= 0.3 is 0 Å². The number of nitrogens with zero attached hydrogens (tertiary/aromatic N) is 1. The van der Waals surface area contributed by atoms with Crippen molar-refractivity contribution in [1.29, 1.82) is 0 Å². The third kappa shape index (κ3) is 1.40. The fourth-order valence-corrected chi connectivity index (χ4v) is 1.75. The highest BCUT2D eigenvalue weighted by Crippen LogP contribution is 2.15. The van der Waals surface area contributed by atoms with Crippen LogP contribution in [0.1, 0.15) is 5.56 Å². The number of pyridine rings is 2. The summed E-state index contributed by atoms with van der Waals surface area (Å²) in [5, 5.41) is 0. The molecule has 0 fully saturated rings. The minimum Gasteiger partial charge on any atom is -0.283 e. The van der Waals surface area contributed by atoms with E-state index in [0.717, 1.165) is 15.6 Å². The van der Waals surface area contributed by atoms with E-state index in [0.29, 0.717) is 0 Å². The van der Waals surface area contributed by atoms with Gasteiger partial charge in [0.2, 0.25) is 0 Å². The monoisotopic (exact) mass is 237 g/mol. The van der Waals surface area contributed by atoms with Crippen LogP contribution in [0.3, 0.4) is 0 Å². The van der Waals surface area contributed by atoms with Crippen LogP contribution in [-0.2, 0) is 0 Å². The average Bonchev–Trinajstić information content (AvgIpc) is 2.12. The number of halogens is 1. The lowest BCUT2D eigenvalue weighted by Crippen LogP contribution is -2.11. The molecule has 0 aromatic carbocycles. The van der Waals surface area contributed by atoms with Gasteiger partial charge in [-0.15, -0.1) is 0 Å². The number of fused-ring (bicyclic) bond motifs is 1. The Morgan fingerprint density at radius 2 is 2.00 bits per heavy atom. The van der Waals surface area contributed by atoms with Gasteiger partial charge in [-0.05, 0) is 40.5 Å². The summed E-state index contributed by atoms with van der Waals surface area (Å²) < 4.78 is 2.58. The maximum absolute atomic E-state index is 11.4. The first-order valence-electron chi connectivity index (χ1n) is 3.96. The Morgan fingerprint density at radius 3 is 2.77 bits per heavy atom. The number of hydrogen-bond acceptors (Lipinski definition) is 1. The van der Waals surface area contributed by atoms with E-state index < -0.39 is 0 Å². The molecule has 0 spiro atoms. The van der Waals surface area contributed by atoms with Crippen molar-refractivity contribution in [2.24, 2.45) is 0 Å². The van der Waals surface area contributed by atoms with Crippen LogP contribution < -0.4 is 5.56 Å². The molecule has 0 unspecified atom stereocenters. The van der Waals surface area contributed by atoms with Crippen LogP contribution in [0.15, 0.2) is 39.7 Å². The van der Waals surface area contributed by atoms with Gasteiger partial charge in [-0.25, -0.2) is 0 Å². The summed E-state index contributed by atoms with van der Waals surface area (Å²) >= 11 is 3.40. The molecule has 2 aromatic heterocycles. The lowest BCUT2D eigenvalue weighted by atomic mass is 10.3. The lowest BCUT2D eigenvalue weighted by molar-refractivity contribution is 1.07. The van der Waals surface area contributed by atoms with E-state index in [1.165, 1.54) is 0 Å². The van der Waals surface area contributed by atoms with E-state index in [2.05, 4.69) is 15.9 Å². The SMILES string of the molecule is Cc1ccc2c(Br)ccc(=O)n2c1. The standard InChI is InChI=1S/C10H8BrNO/c1-7-2-4-9-8(11)3-5-10(13)12(9)6-7/h2-6H,1H3. The molecule has 0 atom stereocenters. The summed E-state index contributed by atoms with van der Waals surface area (Å²) in [6.45, 7) is 1.97. The highest BCUT2D eigenvalue weighted by Gasteiger charge is 1.99. The second-order valence-electron chi connectivity index (χ2n) is 2.98. The molecular weight excluding hydrogens is 230 g/mol. The van der Waals surface area contributed by atoms with Gasteiger partial charge in [0.1, 0.15) is 0 Å². The Hall–Kier alpha value is -1.09. The molecule has 0 amide bonds. The van der Waals surface area contributed by atoms with Crippen molar-refractivity contribution >= 4 is 21.4 Å². The quantitative estimate of drug-likeness (QED) is 0.690. The minimum absolute atomic E-state index is 0.00176. The summed E-state index contributed by atoms with van der Waals surface area (Å²) in [5.74, 6) is 0. The molecule has 0 radical (unpaired) electrons. The van der Waals surface area contributed by atoms with Gasteiger partial charge in [-0.2, -0.15) is 0 Å². The van der Waals surface area contributed by atoms with E-state index in [-0.39, 0.29) is 5.56 Å². The third-order valence-electron chi connectivity index (χ3n) is 1.95. The Morgan fingerprint density at radius 1 is 1.23 bits per heavy atom. The molecular formula is C10H8BrNO. The molecule has 2 rings (SSSR count). The molecule has 0 saturated heterocycles. The van der Waals surface area contributed by atoms with Gasteiger partial charge < -0.3 is 0 Å². The van der Waals surface area contributed by atoms with E-state index in [1.807, 2.05) is 25.3 Å². The smallest absolute Gasteiger partial charge is 0.255 e. The van der Waals surface area contributed by atoms with Crippen molar-refractivity contribution < 1.29 is 0 Å². The number of aryl methyl sites for hydroxylation is 1. The number of rotatable bonds is 0. The Kier molecular flexibility index (Phi) is 1.96. The summed E-state index contributed by atoms with van der Waals surface area (Å²) in [6.07, 6.45) is 1.84. The zero-order chi connectivity index (χ0) is 9.42. The maximum Gasteiger partial charge on any atom is 0.255 e. The molecule has 2 nitrogen and oxygen atoms in total.